The molecular formula is C21H15ClF2N2. The van der Waals surface area contributed by atoms with Crippen molar-refractivity contribution in [2.45, 2.75) is 12.5 Å². The number of halogens is 3. The molecule has 0 spiro atoms. The fraction of sp³-hybridized carbons (Fsp3) is 0.0952. The number of hydrogen-bond donors (Lipinski definition) is 0. The molecule has 0 bridgehead atoms. The molecule has 0 radical (unpaired) electrons. The van der Waals surface area contributed by atoms with Gasteiger partial charge in [-0.05, 0) is 47.5 Å². The molecule has 3 aromatic rings. The first-order chi connectivity index (χ1) is 12.6. The zero-order valence-corrected chi connectivity index (χ0v) is 14.5. The van der Waals surface area contributed by atoms with E-state index in [0.717, 1.165) is 16.8 Å². The van der Waals surface area contributed by atoms with Crippen LogP contribution < -0.4 is 5.01 Å². The highest BCUT2D eigenvalue weighted by atomic mass is 35.5. The van der Waals surface area contributed by atoms with Crippen molar-refractivity contribution in [2.75, 3.05) is 5.01 Å². The van der Waals surface area contributed by atoms with Crippen molar-refractivity contribution in [1.29, 1.82) is 0 Å². The van der Waals surface area contributed by atoms with Crippen LogP contribution in [0.2, 0.25) is 5.02 Å². The van der Waals surface area contributed by atoms with Crippen LogP contribution in [-0.4, -0.2) is 5.71 Å². The lowest BCUT2D eigenvalue weighted by molar-refractivity contribution is 0.606. The van der Waals surface area contributed by atoms with Crippen LogP contribution in [0, 0.1) is 11.6 Å². The van der Waals surface area contributed by atoms with Crippen molar-refractivity contribution in [3.63, 3.8) is 0 Å². The van der Waals surface area contributed by atoms with E-state index < -0.39 is 0 Å². The van der Waals surface area contributed by atoms with Gasteiger partial charge in [0.15, 0.2) is 0 Å². The molecule has 26 heavy (non-hydrogen) atoms. The molecule has 0 amide bonds. The fourth-order valence-electron chi connectivity index (χ4n) is 3.13. The molecule has 0 saturated heterocycles. The van der Waals surface area contributed by atoms with Crippen LogP contribution in [-0.2, 0) is 0 Å². The molecule has 1 aliphatic heterocycles. The average molecular weight is 369 g/mol. The minimum atomic E-state index is -0.337. The fourth-order valence-corrected chi connectivity index (χ4v) is 3.26. The third kappa shape index (κ3) is 3.20. The number of para-hydroxylation sites is 1. The molecule has 0 saturated carbocycles. The Morgan fingerprint density at radius 2 is 1.58 bits per heavy atom. The van der Waals surface area contributed by atoms with Crippen molar-refractivity contribution in [3.05, 3.63) is 101 Å². The number of benzene rings is 3. The van der Waals surface area contributed by atoms with E-state index in [2.05, 4.69) is 5.10 Å². The molecular weight excluding hydrogens is 354 g/mol. The third-order valence-corrected chi connectivity index (χ3v) is 4.69. The van der Waals surface area contributed by atoms with E-state index in [4.69, 9.17) is 11.6 Å². The third-order valence-electron chi connectivity index (χ3n) is 4.44. The van der Waals surface area contributed by atoms with Gasteiger partial charge in [0.05, 0.1) is 17.4 Å². The van der Waals surface area contributed by atoms with E-state index in [1.54, 1.807) is 35.3 Å². The summed E-state index contributed by atoms with van der Waals surface area (Å²) in [6, 6.07) is 20.0. The molecule has 1 unspecified atom stereocenters. The van der Waals surface area contributed by atoms with Gasteiger partial charge in [-0.25, -0.2) is 8.78 Å². The molecule has 2 nitrogen and oxygen atoms in total. The molecule has 130 valence electrons. The molecule has 0 aliphatic carbocycles. The summed E-state index contributed by atoms with van der Waals surface area (Å²) in [5, 5.41) is 6.99. The first-order valence-corrected chi connectivity index (χ1v) is 8.62. The van der Waals surface area contributed by atoms with Crippen LogP contribution in [0.4, 0.5) is 14.5 Å². The number of hydrogen-bond acceptors (Lipinski definition) is 2. The second kappa shape index (κ2) is 6.89. The standard InChI is InChI=1S/C21H15ClF2N2/c22-16-9-5-15(6-10-16)21-13-19(14-7-11-17(23)12-8-14)25-26(21)20-4-2-1-3-18(20)24/h1-12,21H,13H2. The smallest absolute Gasteiger partial charge is 0.148 e. The second-order valence-corrected chi connectivity index (χ2v) is 6.56. The Morgan fingerprint density at radius 1 is 0.885 bits per heavy atom. The molecule has 1 aliphatic rings. The van der Waals surface area contributed by atoms with Gasteiger partial charge in [-0.3, -0.25) is 5.01 Å². The Bertz CT molecular complexity index is 953. The molecule has 4 rings (SSSR count). The van der Waals surface area contributed by atoms with E-state index in [-0.39, 0.29) is 17.7 Å². The number of rotatable bonds is 3. The van der Waals surface area contributed by atoms with E-state index in [0.29, 0.717) is 17.1 Å². The highest BCUT2D eigenvalue weighted by Crippen LogP contribution is 2.38. The van der Waals surface area contributed by atoms with Gasteiger partial charge in [-0.15, -0.1) is 0 Å². The van der Waals surface area contributed by atoms with Crippen molar-refractivity contribution in [3.8, 4) is 0 Å². The van der Waals surface area contributed by atoms with Gasteiger partial charge in [0, 0.05) is 11.4 Å². The van der Waals surface area contributed by atoms with E-state index >= 15 is 0 Å². The van der Waals surface area contributed by atoms with Crippen molar-refractivity contribution in [1.82, 2.24) is 0 Å². The zero-order valence-electron chi connectivity index (χ0n) is 13.7. The Labute approximate surface area is 155 Å². The van der Waals surface area contributed by atoms with Crippen LogP contribution in [0.15, 0.2) is 77.9 Å². The highest BCUT2D eigenvalue weighted by molar-refractivity contribution is 6.30. The van der Waals surface area contributed by atoms with Gasteiger partial charge in [-0.2, -0.15) is 5.10 Å². The molecule has 0 fully saturated rings. The first kappa shape index (κ1) is 16.7. The lowest BCUT2D eigenvalue weighted by atomic mass is 9.98. The van der Waals surface area contributed by atoms with Crippen LogP contribution in [0.5, 0.6) is 0 Å². The first-order valence-electron chi connectivity index (χ1n) is 8.24. The van der Waals surface area contributed by atoms with Gasteiger partial charge < -0.3 is 0 Å². The molecule has 1 heterocycles. The van der Waals surface area contributed by atoms with Gasteiger partial charge in [0.2, 0.25) is 0 Å². The summed E-state index contributed by atoms with van der Waals surface area (Å²) in [5.74, 6) is -0.636. The van der Waals surface area contributed by atoms with Gasteiger partial charge >= 0.3 is 0 Å². The predicted octanol–water partition coefficient (Wildman–Crippen LogP) is 5.97. The van der Waals surface area contributed by atoms with Crippen molar-refractivity contribution in [2.24, 2.45) is 5.10 Å². The number of hydrazone groups is 1. The summed E-state index contributed by atoms with van der Waals surface area (Å²) < 4.78 is 27.6. The lowest BCUT2D eigenvalue weighted by Crippen LogP contribution is -2.19. The Balaban J connectivity index is 1.77. The molecule has 0 aromatic heterocycles. The molecule has 3 aromatic carbocycles. The maximum atomic E-state index is 14.4. The lowest BCUT2D eigenvalue weighted by Gasteiger charge is -2.24. The van der Waals surface area contributed by atoms with Crippen LogP contribution >= 0.6 is 11.6 Å². The summed E-state index contributed by atoms with van der Waals surface area (Å²) in [7, 11) is 0. The minimum Gasteiger partial charge on any atom is -0.254 e. The normalized spacial score (nSPS) is 16.7. The maximum Gasteiger partial charge on any atom is 0.148 e. The van der Waals surface area contributed by atoms with Gasteiger partial charge in [0.25, 0.3) is 0 Å². The minimum absolute atomic E-state index is 0.163. The summed E-state index contributed by atoms with van der Waals surface area (Å²) in [4.78, 5) is 0. The summed E-state index contributed by atoms with van der Waals surface area (Å²) >= 11 is 6.00. The maximum absolute atomic E-state index is 14.4. The Kier molecular flexibility index (Phi) is 4.43. The van der Waals surface area contributed by atoms with E-state index in [9.17, 15) is 8.78 Å². The quantitative estimate of drug-likeness (QED) is 0.555. The summed E-state index contributed by atoms with van der Waals surface area (Å²) in [5.41, 5.74) is 3.00. The summed E-state index contributed by atoms with van der Waals surface area (Å²) in [6.07, 6.45) is 0.585. The van der Waals surface area contributed by atoms with Crippen LogP contribution in [0.25, 0.3) is 0 Å². The Hall–Kier alpha value is -2.72. The molecule has 5 heteroatoms. The number of nitrogens with zero attached hydrogens (tertiary/aromatic N) is 2. The number of anilines is 1. The van der Waals surface area contributed by atoms with Gasteiger partial charge in [0.1, 0.15) is 11.6 Å². The SMILES string of the molecule is Fc1ccc(C2=NN(c3ccccc3F)C(c3ccc(Cl)cc3)C2)cc1. The van der Waals surface area contributed by atoms with E-state index in [1.807, 2.05) is 24.3 Å². The second-order valence-electron chi connectivity index (χ2n) is 6.12. The summed E-state index contributed by atoms with van der Waals surface area (Å²) in [6.45, 7) is 0. The van der Waals surface area contributed by atoms with Crippen LogP contribution in [0.1, 0.15) is 23.6 Å². The van der Waals surface area contributed by atoms with E-state index in [1.165, 1.54) is 18.2 Å². The highest BCUT2D eigenvalue weighted by Gasteiger charge is 2.31. The predicted molar refractivity (Wildman–Crippen MR) is 101 cm³/mol. The van der Waals surface area contributed by atoms with Crippen LogP contribution in [0.3, 0.4) is 0 Å². The average Bonchev–Trinajstić information content (AvgIpc) is 3.08. The molecule has 0 N–H and O–H groups in total. The largest absolute Gasteiger partial charge is 0.254 e. The zero-order chi connectivity index (χ0) is 18.1. The van der Waals surface area contributed by atoms with Crippen molar-refractivity contribution < 1.29 is 8.78 Å². The van der Waals surface area contributed by atoms with Crippen molar-refractivity contribution >= 4 is 23.0 Å². The monoisotopic (exact) mass is 368 g/mol. The van der Waals surface area contributed by atoms with Gasteiger partial charge in [-0.1, -0.05) is 48.0 Å². The topological polar surface area (TPSA) is 15.6 Å². The molecule has 1 atom stereocenters. The Morgan fingerprint density at radius 3 is 2.27 bits per heavy atom.